The number of para-hydroxylation sites is 1. The first-order valence-corrected chi connectivity index (χ1v) is 5.67. The van der Waals surface area contributed by atoms with E-state index in [2.05, 4.69) is 23.5 Å². The van der Waals surface area contributed by atoms with Crippen LogP contribution in [0.15, 0.2) is 24.3 Å². The fourth-order valence-corrected chi connectivity index (χ4v) is 2.94. The molecule has 2 nitrogen and oxygen atoms in total. The van der Waals surface area contributed by atoms with Gasteiger partial charge in [-0.05, 0) is 42.3 Å². The molecule has 0 bridgehead atoms. The van der Waals surface area contributed by atoms with Crippen LogP contribution >= 0.6 is 0 Å². The second-order valence-electron chi connectivity index (χ2n) is 4.88. The largest absolute Gasteiger partial charge is 0.496 e. The fraction of sp³-hybridized carbons (Fsp3) is 0.538. The molecule has 1 aliphatic heterocycles. The first kappa shape index (κ1) is 9.22. The zero-order chi connectivity index (χ0) is 10.3. The van der Waals surface area contributed by atoms with Gasteiger partial charge in [-0.25, -0.2) is 0 Å². The molecule has 0 radical (unpaired) electrons. The Hall–Kier alpha value is -1.02. The van der Waals surface area contributed by atoms with E-state index in [0.717, 1.165) is 11.7 Å². The van der Waals surface area contributed by atoms with Crippen LogP contribution in [0.1, 0.15) is 12.0 Å². The molecular weight excluding hydrogens is 186 g/mol. The number of rotatable bonds is 3. The van der Waals surface area contributed by atoms with Crippen LogP contribution in [0, 0.1) is 11.3 Å². The van der Waals surface area contributed by atoms with Crippen LogP contribution in [0.2, 0.25) is 0 Å². The quantitative estimate of drug-likeness (QED) is 0.809. The predicted octanol–water partition coefficient (Wildman–Crippen LogP) is 1.85. The Kier molecular flexibility index (Phi) is 1.99. The van der Waals surface area contributed by atoms with Gasteiger partial charge in [-0.2, -0.15) is 0 Å². The van der Waals surface area contributed by atoms with Gasteiger partial charge < -0.3 is 10.1 Å². The zero-order valence-electron chi connectivity index (χ0n) is 9.12. The van der Waals surface area contributed by atoms with Gasteiger partial charge >= 0.3 is 0 Å². The lowest BCUT2D eigenvalue weighted by molar-refractivity contribution is 0.401. The van der Waals surface area contributed by atoms with Crippen LogP contribution in [-0.2, 0) is 6.42 Å². The molecule has 15 heavy (non-hydrogen) atoms. The van der Waals surface area contributed by atoms with E-state index in [1.165, 1.54) is 31.5 Å². The molecule has 0 spiro atoms. The van der Waals surface area contributed by atoms with Gasteiger partial charge in [0.05, 0.1) is 7.11 Å². The molecular formula is C13H17NO. The van der Waals surface area contributed by atoms with Gasteiger partial charge in [0.1, 0.15) is 5.75 Å². The molecule has 0 amide bonds. The van der Waals surface area contributed by atoms with Gasteiger partial charge in [-0.15, -0.1) is 0 Å². The lowest BCUT2D eigenvalue weighted by Gasteiger charge is -2.14. The SMILES string of the molecule is COc1ccccc1CC12CNCC1C2. The summed E-state index contributed by atoms with van der Waals surface area (Å²) in [6.07, 6.45) is 2.58. The minimum atomic E-state index is 0.564. The third-order valence-corrected chi connectivity index (χ3v) is 3.96. The molecule has 1 aromatic rings. The Morgan fingerprint density at radius 1 is 1.47 bits per heavy atom. The number of hydrogen-bond donors (Lipinski definition) is 1. The Balaban J connectivity index is 1.82. The molecule has 0 aromatic heterocycles. The molecule has 2 atom stereocenters. The number of benzene rings is 1. The van der Waals surface area contributed by atoms with E-state index >= 15 is 0 Å². The van der Waals surface area contributed by atoms with Crippen LogP contribution in [0.5, 0.6) is 5.75 Å². The second kappa shape index (κ2) is 3.24. The highest BCUT2D eigenvalue weighted by Gasteiger charge is 2.56. The average molecular weight is 203 g/mol. The molecule has 2 heteroatoms. The van der Waals surface area contributed by atoms with Gasteiger partial charge in [0.2, 0.25) is 0 Å². The summed E-state index contributed by atoms with van der Waals surface area (Å²) in [7, 11) is 1.76. The first-order chi connectivity index (χ1) is 7.34. The van der Waals surface area contributed by atoms with Crippen molar-refractivity contribution >= 4 is 0 Å². The standard InChI is InChI=1S/C13H17NO/c1-15-12-5-3-2-4-10(12)6-13-7-11(13)8-14-9-13/h2-5,11,14H,6-9H2,1H3. The van der Waals surface area contributed by atoms with E-state index in [1.54, 1.807) is 7.11 Å². The molecule has 2 unspecified atom stereocenters. The number of hydrogen-bond acceptors (Lipinski definition) is 2. The molecule has 80 valence electrons. The highest BCUT2D eigenvalue weighted by molar-refractivity contribution is 5.35. The third kappa shape index (κ3) is 1.44. The van der Waals surface area contributed by atoms with E-state index in [0.29, 0.717) is 5.41 Å². The highest BCUT2D eigenvalue weighted by atomic mass is 16.5. The van der Waals surface area contributed by atoms with Crippen molar-refractivity contribution < 1.29 is 4.74 Å². The van der Waals surface area contributed by atoms with Crippen molar-refractivity contribution in [2.45, 2.75) is 12.8 Å². The normalized spacial score (nSPS) is 32.5. The molecule has 1 aromatic carbocycles. The number of methoxy groups -OCH3 is 1. The topological polar surface area (TPSA) is 21.3 Å². The summed E-state index contributed by atoms with van der Waals surface area (Å²) in [5.41, 5.74) is 1.93. The van der Waals surface area contributed by atoms with Crippen LogP contribution < -0.4 is 10.1 Å². The maximum Gasteiger partial charge on any atom is 0.122 e. The van der Waals surface area contributed by atoms with Crippen LogP contribution in [0.3, 0.4) is 0 Å². The Bertz CT molecular complexity index is 377. The van der Waals surface area contributed by atoms with Crippen molar-refractivity contribution in [1.29, 1.82) is 0 Å². The summed E-state index contributed by atoms with van der Waals surface area (Å²) in [6, 6.07) is 8.40. The van der Waals surface area contributed by atoms with Crippen LogP contribution in [0.4, 0.5) is 0 Å². The maximum absolute atomic E-state index is 5.40. The van der Waals surface area contributed by atoms with Crippen molar-refractivity contribution in [2.24, 2.45) is 11.3 Å². The van der Waals surface area contributed by atoms with Gasteiger partial charge in [-0.3, -0.25) is 0 Å². The van der Waals surface area contributed by atoms with Gasteiger partial charge in [0, 0.05) is 6.54 Å². The van der Waals surface area contributed by atoms with Crippen molar-refractivity contribution in [3.8, 4) is 5.75 Å². The van der Waals surface area contributed by atoms with Crippen molar-refractivity contribution in [3.05, 3.63) is 29.8 Å². The molecule has 1 saturated heterocycles. The van der Waals surface area contributed by atoms with Gasteiger partial charge in [0.15, 0.2) is 0 Å². The number of ether oxygens (including phenoxy) is 1. The predicted molar refractivity (Wildman–Crippen MR) is 60.1 cm³/mol. The van der Waals surface area contributed by atoms with Crippen molar-refractivity contribution in [1.82, 2.24) is 5.32 Å². The smallest absolute Gasteiger partial charge is 0.122 e. The number of fused-ring (bicyclic) bond motifs is 1. The van der Waals surface area contributed by atoms with Crippen LogP contribution in [-0.4, -0.2) is 20.2 Å². The molecule has 1 saturated carbocycles. The third-order valence-electron chi connectivity index (χ3n) is 3.96. The molecule has 2 aliphatic rings. The van der Waals surface area contributed by atoms with Crippen molar-refractivity contribution in [2.75, 3.05) is 20.2 Å². The van der Waals surface area contributed by atoms with E-state index in [4.69, 9.17) is 4.74 Å². The summed E-state index contributed by atoms with van der Waals surface area (Å²) in [6.45, 7) is 2.41. The zero-order valence-corrected chi connectivity index (χ0v) is 9.12. The van der Waals surface area contributed by atoms with Gasteiger partial charge in [-0.1, -0.05) is 18.2 Å². The monoisotopic (exact) mass is 203 g/mol. The molecule has 1 aliphatic carbocycles. The lowest BCUT2D eigenvalue weighted by Crippen LogP contribution is -2.18. The highest BCUT2D eigenvalue weighted by Crippen LogP contribution is 2.57. The van der Waals surface area contributed by atoms with Crippen LogP contribution in [0.25, 0.3) is 0 Å². The summed E-state index contributed by atoms with van der Waals surface area (Å²) in [5.74, 6) is 1.96. The Labute approximate surface area is 90.6 Å². The number of nitrogens with one attached hydrogen (secondary N) is 1. The molecule has 2 fully saturated rings. The molecule has 1 N–H and O–H groups in total. The summed E-state index contributed by atoms with van der Waals surface area (Å²) in [5, 5.41) is 3.48. The number of piperidine rings is 1. The van der Waals surface area contributed by atoms with E-state index in [-0.39, 0.29) is 0 Å². The minimum absolute atomic E-state index is 0.564. The second-order valence-corrected chi connectivity index (χ2v) is 4.88. The van der Waals surface area contributed by atoms with Crippen molar-refractivity contribution in [3.63, 3.8) is 0 Å². The molecule has 3 rings (SSSR count). The molecule has 1 heterocycles. The lowest BCUT2D eigenvalue weighted by atomic mass is 9.95. The van der Waals surface area contributed by atoms with Gasteiger partial charge in [0.25, 0.3) is 0 Å². The van der Waals surface area contributed by atoms with E-state index < -0.39 is 0 Å². The van der Waals surface area contributed by atoms with E-state index in [9.17, 15) is 0 Å². The first-order valence-electron chi connectivity index (χ1n) is 5.67. The fourth-order valence-electron chi connectivity index (χ4n) is 2.94. The summed E-state index contributed by atoms with van der Waals surface area (Å²) < 4.78 is 5.40. The minimum Gasteiger partial charge on any atom is -0.496 e. The van der Waals surface area contributed by atoms with E-state index in [1.807, 2.05) is 6.07 Å². The Morgan fingerprint density at radius 2 is 2.33 bits per heavy atom. The maximum atomic E-state index is 5.40. The average Bonchev–Trinajstić information content (AvgIpc) is 2.80. The summed E-state index contributed by atoms with van der Waals surface area (Å²) >= 11 is 0. The Morgan fingerprint density at radius 3 is 3.00 bits per heavy atom. The summed E-state index contributed by atoms with van der Waals surface area (Å²) in [4.78, 5) is 0.